The molecular weight excluding hydrogens is 252 g/mol. The first-order valence-corrected chi connectivity index (χ1v) is 8.31. The van der Waals surface area contributed by atoms with Crippen LogP contribution in [-0.2, 0) is 13.1 Å². The van der Waals surface area contributed by atoms with Crippen molar-refractivity contribution in [1.29, 1.82) is 0 Å². The number of nitrogens with zero attached hydrogens (tertiary/aromatic N) is 1. The molecule has 1 aromatic heterocycles. The molecule has 2 nitrogen and oxygen atoms in total. The van der Waals surface area contributed by atoms with Gasteiger partial charge in [0.1, 0.15) is 0 Å². The van der Waals surface area contributed by atoms with Gasteiger partial charge in [-0.15, -0.1) is 11.3 Å². The van der Waals surface area contributed by atoms with Gasteiger partial charge in [-0.25, -0.2) is 0 Å². The van der Waals surface area contributed by atoms with E-state index in [0.29, 0.717) is 12.1 Å². The van der Waals surface area contributed by atoms with E-state index in [2.05, 4.69) is 57.9 Å². The summed E-state index contributed by atoms with van der Waals surface area (Å²) in [7, 11) is 2.25. The Balaban J connectivity index is 2.63. The van der Waals surface area contributed by atoms with Crippen molar-refractivity contribution < 1.29 is 0 Å². The highest BCUT2D eigenvalue weighted by atomic mass is 32.1. The van der Waals surface area contributed by atoms with Crippen molar-refractivity contribution in [1.82, 2.24) is 10.2 Å². The standard InChI is InChI=1S/C16H30N2S/c1-7-15(8-2)18(6)11-14-9-16(19-13(14)5)10-17-12(3)4/h9,12,15,17H,7-8,10-11H2,1-6H3. The predicted molar refractivity (Wildman–Crippen MR) is 86.9 cm³/mol. The first-order valence-electron chi connectivity index (χ1n) is 7.49. The van der Waals surface area contributed by atoms with Gasteiger partial charge in [-0.2, -0.15) is 0 Å². The van der Waals surface area contributed by atoms with Crippen molar-refractivity contribution in [2.24, 2.45) is 0 Å². The molecule has 0 spiro atoms. The normalized spacial score (nSPS) is 12.1. The number of hydrogen-bond acceptors (Lipinski definition) is 3. The zero-order chi connectivity index (χ0) is 14.4. The van der Waals surface area contributed by atoms with Crippen LogP contribution in [0.2, 0.25) is 0 Å². The molecule has 0 saturated heterocycles. The van der Waals surface area contributed by atoms with E-state index < -0.39 is 0 Å². The number of hydrogen-bond donors (Lipinski definition) is 1. The lowest BCUT2D eigenvalue weighted by molar-refractivity contribution is 0.221. The van der Waals surface area contributed by atoms with Gasteiger partial charge in [-0.1, -0.05) is 27.7 Å². The van der Waals surface area contributed by atoms with Gasteiger partial charge in [0, 0.05) is 34.9 Å². The second-order valence-corrected chi connectivity index (χ2v) is 7.06. The summed E-state index contributed by atoms with van der Waals surface area (Å²) in [5, 5.41) is 3.50. The van der Waals surface area contributed by atoms with Crippen LogP contribution in [0.25, 0.3) is 0 Å². The van der Waals surface area contributed by atoms with E-state index in [1.54, 1.807) is 0 Å². The minimum atomic E-state index is 0.554. The van der Waals surface area contributed by atoms with Gasteiger partial charge in [-0.05, 0) is 38.4 Å². The van der Waals surface area contributed by atoms with Crippen LogP contribution in [0.4, 0.5) is 0 Å². The molecule has 0 aliphatic heterocycles. The Kier molecular flexibility index (Phi) is 7.05. The summed E-state index contributed by atoms with van der Waals surface area (Å²) >= 11 is 1.94. The predicted octanol–water partition coefficient (Wildman–Crippen LogP) is 4.17. The molecule has 0 aliphatic rings. The largest absolute Gasteiger partial charge is 0.310 e. The Morgan fingerprint density at radius 1 is 1.26 bits per heavy atom. The molecular formula is C16H30N2S. The molecule has 0 aliphatic carbocycles. The fourth-order valence-corrected chi connectivity index (χ4v) is 3.45. The molecule has 0 aromatic carbocycles. The zero-order valence-corrected chi connectivity index (χ0v) is 14.2. The SMILES string of the molecule is CCC(CC)N(C)Cc1cc(CNC(C)C)sc1C. The van der Waals surface area contributed by atoms with Crippen molar-refractivity contribution in [2.75, 3.05) is 7.05 Å². The molecule has 0 atom stereocenters. The maximum Gasteiger partial charge on any atom is 0.0302 e. The van der Waals surface area contributed by atoms with Gasteiger partial charge in [0.2, 0.25) is 0 Å². The van der Waals surface area contributed by atoms with E-state index in [0.717, 1.165) is 13.1 Å². The third-order valence-corrected chi connectivity index (χ3v) is 4.83. The average Bonchev–Trinajstić information content (AvgIpc) is 2.69. The Bertz CT molecular complexity index is 367. The Labute approximate surface area is 123 Å². The lowest BCUT2D eigenvalue weighted by atomic mass is 10.1. The van der Waals surface area contributed by atoms with Crippen LogP contribution in [0.15, 0.2) is 6.07 Å². The highest BCUT2D eigenvalue weighted by Gasteiger charge is 2.13. The summed E-state index contributed by atoms with van der Waals surface area (Å²) in [5.41, 5.74) is 1.50. The molecule has 1 N–H and O–H groups in total. The second-order valence-electron chi connectivity index (χ2n) is 5.72. The molecule has 3 heteroatoms. The van der Waals surface area contributed by atoms with Crippen LogP contribution < -0.4 is 5.32 Å². The number of aryl methyl sites for hydroxylation is 1. The van der Waals surface area contributed by atoms with Gasteiger partial charge >= 0.3 is 0 Å². The highest BCUT2D eigenvalue weighted by Crippen LogP contribution is 2.24. The number of nitrogens with one attached hydrogen (secondary N) is 1. The van der Waals surface area contributed by atoms with E-state index in [9.17, 15) is 0 Å². The van der Waals surface area contributed by atoms with Gasteiger partial charge in [0.05, 0.1) is 0 Å². The third-order valence-electron chi connectivity index (χ3n) is 3.74. The first kappa shape index (κ1) is 16.7. The summed E-state index contributed by atoms with van der Waals surface area (Å²) in [6, 6.07) is 3.64. The van der Waals surface area contributed by atoms with Crippen molar-refractivity contribution in [2.45, 2.75) is 72.6 Å². The maximum atomic E-state index is 3.50. The summed E-state index contributed by atoms with van der Waals surface area (Å²) in [5.74, 6) is 0. The van der Waals surface area contributed by atoms with Crippen LogP contribution in [-0.4, -0.2) is 24.0 Å². The Hall–Kier alpha value is -0.380. The van der Waals surface area contributed by atoms with Gasteiger partial charge in [-0.3, -0.25) is 4.90 Å². The minimum Gasteiger partial charge on any atom is -0.310 e. The minimum absolute atomic E-state index is 0.554. The van der Waals surface area contributed by atoms with E-state index in [4.69, 9.17) is 0 Å². The molecule has 1 heterocycles. The second kappa shape index (κ2) is 8.03. The fraction of sp³-hybridized carbons (Fsp3) is 0.750. The highest BCUT2D eigenvalue weighted by molar-refractivity contribution is 7.12. The molecule has 19 heavy (non-hydrogen) atoms. The van der Waals surface area contributed by atoms with Crippen LogP contribution in [0.1, 0.15) is 55.9 Å². The van der Waals surface area contributed by atoms with Crippen LogP contribution in [0.3, 0.4) is 0 Å². The Morgan fingerprint density at radius 3 is 2.42 bits per heavy atom. The third kappa shape index (κ3) is 5.25. The van der Waals surface area contributed by atoms with Crippen LogP contribution in [0, 0.1) is 6.92 Å². The van der Waals surface area contributed by atoms with Crippen molar-refractivity contribution in [3.05, 3.63) is 21.4 Å². The smallest absolute Gasteiger partial charge is 0.0302 e. The summed E-state index contributed by atoms with van der Waals surface area (Å²) in [6.07, 6.45) is 2.47. The maximum absolute atomic E-state index is 3.50. The van der Waals surface area contributed by atoms with Crippen molar-refractivity contribution >= 4 is 11.3 Å². The molecule has 0 bridgehead atoms. The van der Waals surface area contributed by atoms with Gasteiger partial charge in [0.15, 0.2) is 0 Å². The lowest BCUT2D eigenvalue weighted by Gasteiger charge is -2.25. The number of thiophene rings is 1. The molecule has 1 aromatic rings. The van der Waals surface area contributed by atoms with E-state index in [-0.39, 0.29) is 0 Å². The molecule has 0 saturated carbocycles. The van der Waals surface area contributed by atoms with Crippen LogP contribution >= 0.6 is 11.3 Å². The number of rotatable bonds is 8. The average molecular weight is 282 g/mol. The monoisotopic (exact) mass is 282 g/mol. The van der Waals surface area contributed by atoms with E-state index in [1.807, 2.05) is 11.3 Å². The summed E-state index contributed by atoms with van der Waals surface area (Å²) in [4.78, 5) is 5.42. The molecule has 1 rings (SSSR count). The van der Waals surface area contributed by atoms with Gasteiger partial charge in [0.25, 0.3) is 0 Å². The molecule has 0 radical (unpaired) electrons. The lowest BCUT2D eigenvalue weighted by Crippen LogP contribution is -2.30. The van der Waals surface area contributed by atoms with Crippen molar-refractivity contribution in [3.63, 3.8) is 0 Å². The van der Waals surface area contributed by atoms with Gasteiger partial charge < -0.3 is 5.32 Å². The topological polar surface area (TPSA) is 15.3 Å². The Morgan fingerprint density at radius 2 is 1.89 bits per heavy atom. The molecule has 0 fully saturated rings. The van der Waals surface area contributed by atoms with Crippen molar-refractivity contribution in [3.8, 4) is 0 Å². The molecule has 110 valence electrons. The van der Waals surface area contributed by atoms with Crippen LogP contribution in [0.5, 0.6) is 0 Å². The first-order chi connectivity index (χ1) is 8.97. The summed E-state index contributed by atoms with van der Waals surface area (Å²) in [6.45, 7) is 13.3. The fourth-order valence-electron chi connectivity index (χ4n) is 2.45. The van der Waals surface area contributed by atoms with E-state index >= 15 is 0 Å². The molecule has 0 amide bonds. The quantitative estimate of drug-likeness (QED) is 0.769. The summed E-state index contributed by atoms with van der Waals surface area (Å²) < 4.78 is 0. The molecule has 0 unspecified atom stereocenters. The zero-order valence-electron chi connectivity index (χ0n) is 13.4. The van der Waals surface area contributed by atoms with E-state index in [1.165, 1.54) is 28.2 Å².